The molecule has 1 saturated heterocycles. The highest BCUT2D eigenvalue weighted by Gasteiger charge is 2.62. The zero-order chi connectivity index (χ0) is 17.1. The first-order valence-electron chi connectivity index (χ1n) is 7.03. The predicted octanol–water partition coefficient (Wildman–Crippen LogP) is 1.57. The number of benzene rings is 1. The van der Waals surface area contributed by atoms with E-state index >= 15 is 0 Å². The lowest BCUT2D eigenvalue weighted by Gasteiger charge is -2.49. The lowest BCUT2D eigenvalue weighted by atomic mass is 9.93. The van der Waals surface area contributed by atoms with Gasteiger partial charge in [-0.2, -0.15) is 13.2 Å². The molecule has 0 spiro atoms. The van der Waals surface area contributed by atoms with Crippen LogP contribution >= 0.6 is 0 Å². The molecule has 0 atom stereocenters. The Morgan fingerprint density at radius 1 is 1.35 bits per heavy atom. The number of amides is 1. The van der Waals surface area contributed by atoms with Gasteiger partial charge in [-0.25, -0.2) is 0 Å². The van der Waals surface area contributed by atoms with Crippen molar-refractivity contribution >= 4 is 5.91 Å². The molecule has 1 aliphatic heterocycles. The van der Waals surface area contributed by atoms with Crippen LogP contribution in [0.15, 0.2) is 24.3 Å². The fourth-order valence-corrected chi connectivity index (χ4v) is 2.45. The van der Waals surface area contributed by atoms with Crippen molar-refractivity contribution in [2.75, 3.05) is 33.9 Å². The molecule has 0 unspecified atom stereocenters. The van der Waals surface area contributed by atoms with Gasteiger partial charge in [0.05, 0.1) is 13.7 Å². The van der Waals surface area contributed by atoms with Crippen LogP contribution in [0.2, 0.25) is 0 Å². The number of nitrogens with one attached hydrogen (secondary N) is 1. The summed E-state index contributed by atoms with van der Waals surface area (Å²) in [7, 11) is 2.58. The van der Waals surface area contributed by atoms with Gasteiger partial charge in [0.15, 0.2) is 5.60 Å². The molecule has 0 bridgehead atoms. The van der Waals surface area contributed by atoms with Crippen molar-refractivity contribution in [1.29, 1.82) is 0 Å². The molecular weight excluding hydrogens is 313 g/mol. The Bertz CT molecular complexity index is 557. The molecular formula is C15H19F3N2O3. The topological polar surface area (TPSA) is 50.8 Å². The Balaban J connectivity index is 1.78. The number of hydrogen-bond acceptors (Lipinski definition) is 4. The second kappa shape index (κ2) is 6.76. The molecule has 0 aromatic heterocycles. The molecule has 0 aliphatic carbocycles. The summed E-state index contributed by atoms with van der Waals surface area (Å²) in [6.07, 6.45) is -4.44. The molecule has 1 N–H and O–H groups in total. The normalized spacial score (nSPS) is 17.4. The van der Waals surface area contributed by atoms with E-state index in [0.717, 1.165) is 12.7 Å². The van der Waals surface area contributed by atoms with E-state index in [1.54, 1.807) is 25.3 Å². The fourth-order valence-electron chi connectivity index (χ4n) is 2.45. The standard InChI is InChI=1S/C15H19F3N2O3/c1-22-12-5-3-4-11(6-12)7-19-13(21)8-20-9-14(10-20,23-2)15(16,17)18/h3-6H,7-10H2,1-2H3,(H,19,21). The molecule has 8 heteroatoms. The zero-order valence-corrected chi connectivity index (χ0v) is 12.9. The number of carbonyl (C=O) groups excluding carboxylic acids is 1. The Labute approximate surface area is 132 Å². The lowest BCUT2D eigenvalue weighted by molar-refractivity contribution is -0.309. The van der Waals surface area contributed by atoms with Crippen LogP contribution in [0, 0.1) is 0 Å². The third-order valence-corrected chi connectivity index (χ3v) is 3.86. The van der Waals surface area contributed by atoms with E-state index in [1.807, 2.05) is 6.07 Å². The largest absolute Gasteiger partial charge is 0.497 e. The second-order valence-corrected chi connectivity index (χ2v) is 5.47. The van der Waals surface area contributed by atoms with Crippen molar-refractivity contribution in [1.82, 2.24) is 10.2 Å². The van der Waals surface area contributed by atoms with E-state index in [0.29, 0.717) is 12.3 Å². The van der Waals surface area contributed by atoms with Gasteiger partial charge in [-0.05, 0) is 17.7 Å². The van der Waals surface area contributed by atoms with Crippen molar-refractivity contribution in [2.24, 2.45) is 0 Å². The average molecular weight is 332 g/mol. The van der Waals surface area contributed by atoms with E-state index in [4.69, 9.17) is 4.74 Å². The van der Waals surface area contributed by atoms with Crippen LogP contribution in [0.1, 0.15) is 5.56 Å². The zero-order valence-electron chi connectivity index (χ0n) is 12.9. The van der Waals surface area contributed by atoms with Gasteiger partial charge in [-0.3, -0.25) is 9.69 Å². The van der Waals surface area contributed by atoms with Gasteiger partial charge >= 0.3 is 6.18 Å². The summed E-state index contributed by atoms with van der Waals surface area (Å²) >= 11 is 0. The Hall–Kier alpha value is -1.80. The highest BCUT2D eigenvalue weighted by Crippen LogP contribution is 2.40. The van der Waals surface area contributed by atoms with Gasteiger partial charge in [0.1, 0.15) is 5.75 Å². The summed E-state index contributed by atoms with van der Waals surface area (Å²) < 4.78 is 48.2. The van der Waals surface area contributed by atoms with Gasteiger partial charge in [0.2, 0.25) is 5.91 Å². The minimum atomic E-state index is -4.44. The third-order valence-electron chi connectivity index (χ3n) is 3.86. The number of hydrogen-bond donors (Lipinski definition) is 1. The van der Waals surface area contributed by atoms with Gasteiger partial charge in [-0.15, -0.1) is 0 Å². The highest BCUT2D eigenvalue weighted by atomic mass is 19.4. The molecule has 0 saturated carbocycles. The van der Waals surface area contributed by atoms with Crippen LogP contribution in [0.5, 0.6) is 5.75 Å². The molecule has 1 amide bonds. The molecule has 2 rings (SSSR count). The summed E-state index contributed by atoms with van der Waals surface area (Å²) in [5.41, 5.74) is -1.30. The maximum absolute atomic E-state index is 12.8. The van der Waals surface area contributed by atoms with Gasteiger partial charge < -0.3 is 14.8 Å². The number of alkyl halides is 3. The first-order valence-corrected chi connectivity index (χ1v) is 7.03. The van der Waals surface area contributed by atoms with Crippen molar-refractivity contribution in [2.45, 2.75) is 18.3 Å². The van der Waals surface area contributed by atoms with Crippen LogP contribution in [-0.2, 0) is 16.1 Å². The maximum Gasteiger partial charge on any atom is 0.419 e. The van der Waals surface area contributed by atoms with E-state index in [2.05, 4.69) is 10.1 Å². The molecule has 1 aliphatic rings. The average Bonchev–Trinajstić information content (AvgIpc) is 2.47. The van der Waals surface area contributed by atoms with Gasteiger partial charge in [0.25, 0.3) is 0 Å². The molecule has 1 fully saturated rings. The number of halogens is 3. The number of carbonyl (C=O) groups is 1. The van der Waals surface area contributed by atoms with E-state index in [-0.39, 0.29) is 25.5 Å². The van der Waals surface area contributed by atoms with Crippen molar-refractivity contribution < 1.29 is 27.4 Å². The minimum Gasteiger partial charge on any atom is -0.497 e. The number of rotatable bonds is 6. The van der Waals surface area contributed by atoms with Crippen LogP contribution < -0.4 is 10.1 Å². The fraction of sp³-hybridized carbons (Fsp3) is 0.533. The SMILES string of the molecule is COc1cccc(CNC(=O)CN2CC(OC)(C(F)(F)F)C2)c1. The van der Waals surface area contributed by atoms with Crippen LogP contribution in [0.25, 0.3) is 0 Å². The first-order chi connectivity index (χ1) is 10.8. The quantitative estimate of drug-likeness (QED) is 0.859. The molecule has 0 radical (unpaired) electrons. The smallest absolute Gasteiger partial charge is 0.419 e. The van der Waals surface area contributed by atoms with Gasteiger partial charge in [-0.1, -0.05) is 12.1 Å². The molecule has 1 aromatic rings. The van der Waals surface area contributed by atoms with Crippen LogP contribution in [0.3, 0.4) is 0 Å². The molecule has 5 nitrogen and oxygen atoms in total. The van der Waals surface area contributed by atoms with Crippen molar-refractivity contribution in [3.63, 3.8) is 0 Å². The summed E-state index contributed by atoms with van der Waals surface area (Å²) in [5.74, 6) is 0.342. The number of ether oxygens (including phenoxy) is 2. The second-order valence-electron chi connectivity index (χ2n) is 5.47. The van der Waals surface area contributed by atoms with Crippen LogP contribution in [-0.4, -0.2) is 56.4 Å². The van der Waals surface area contributed by atoms with Crippen molar-refractivity contribution in [3.05, 3.63) is 29.8 Å². The number of nitrogens with zero attached hydrogens (tertiary/aromatic N) is 1. The molecule has 1 aromatic carbocycles. The minimum absolute atomic E-state index is 0.0921. The molecule has 128 valence electrons. The monoisotopic (exact) mass is 332 g/mol. The highest BCUT2D eigenvalue weighted by molar-refractivity contribution is 5.78. The Morgan fingerprint density at radius 2 is 2.04 bits per heavy atom. The van der Waals surface area contributed by atoms with E-state index in [9.17, 15) is 18.0 Å². The first kappa shape index (κ1) is 17.6. The van der Waals surface area contributed by atoms with E-state index in [1.165, 1.54) is 4.90 Å². The molecule has 23 heavy (non-hydrogen) atoms. The summed E-state index contributed by atoms with van der Waals surface area (Å²) in [4.78, 5) is 13.2. The number of likely N-dealkylation sites (tertiary alicyclic amines) is 1. The third kappa shape index (κ3) is 3.94. The summed E-state index contributed by atoms with van der Waals surface area (Å²) in [6, 6.07) is 7.19. The Kier molecular flexibility index (Phi) is 5.16. The van der Waals surface area contributed by atoms with Gasteiger partial charge in [0, 0.05) is 26.7 Å². The maximum atomic E-state index is 12.8. The predicted molar refractivity (Wildman–Crippen MR) is 77.1 cm³/mol. The van der Waals surface area contributed by atoms with Crippen LogP contribution in [0.4, 0.5) is 13.2 Å². The molecule has 1 heterocycles. The van der Waals surface area contributed by atoms with E-state index < -0.39 is 11.8 Å². The summed E-state index contributed by atoms with van der Waals surface area (Å²) in [5, 5.41) is 2.68. The lowest BCUT2D eigenvalue weighted by Crippen LogP contribution is -2.70. The summed E-state index contributed by atoms with van der Waals surface area (Å²) in [6.45, 7) is -0.469. The number of methoxy groups -OCH3 is 2. The Morgan fingerprint density at radius 3 is 2.61 bits per heavy atom. The van der Waals surface area contributed by atoms with Crippen molar-refractivity contribution in [3.8, 4) is 5.75 Å².